The van der Waals surface area contributed by atoms with Crippen LogP contribution in [-0.2, 0) is 25.6 Å². The summed E-state index contributed by atoms with van der Waals surface area (Å²) >= 11 is 0. The Bertz CT molecular complexity index is 540. The zero-order valence-electron chi connectivity index (χ0n) is 13.9. The fraction of sp³-hybridized carbons (Fsp3) is 0.529. The predicted molar refractivity (Wildman–Crippen MR) is 85.6 cm³/mol. The summed E-state index contributed by atoms with van der Waals surface area (Å²) in [5, 5.41) is 2.79. The van der Waals surface area contributed by atoms with E-state index in [2.05, 4.69) is 5.32 Å². The molecule has 0 aromatic heterocycles. The molecule has 2 rings (SSSR count). The molecule has 0 unspecified atom stereocenters. The standard InChI is InChI=1S/C17H24N2O4/c1-12-4-6-13(7-5-12)11-19-14(8-9-15(19)20)17(21)18-10-16(22-2)23-3/h4-7,14,16H,8-11H2,1-3H3,(H,18,21)/t14-/m1/s1. The van der Waals surface area contributed by atoms with Gasteiger partial charge in [-0.15, -0.1) is 0 Å². The van der Waals surface area contributed by atoms with Crippen molar-refractivity contribution in [1.29, 1.82) is 0 Å². The number of nitrogens with one attached hydrogen (secondary N) is 1. The van der Waals surface area contributed by atoms with Crippen molar-refractivity contribution in [3.8, 4) is 0 Å². The molecular formula is C17H24N2O4. The molecule has 0 saturated carbocycles. The molecule has 6 heteroatoms. The second-order valence-corrected chi connectivity index (χ2v) is 5.71. The van der Waals surface area contributed by atoms with Crippen molar-refractivity contribution in [3.63, 3.8) is 0 Å². The Hall–Kier alpha value is -1.92. The summed E-state index contributed by atoms with van der Waals surface area (Å²) in [6, 6.07) is 7.56. The number of rotatable bonds is 7. The van der Waals surface area contributed by atoms with E-state index in [-0.39, 0.29) is 18.4 Å². The summed E-state index contributed by atoms with van der Waals surface area (Å²) in [5.74, 6) is -0.150. The van der Waals surface area contributed by atoms with Crippen LogP contribution in [0.5, 0.6) is 0 Å². The number of nitrogens with zero attached hydrogens (tertiary/aromatic N) is 1. The highest BCUT2D eigenvalue weighted by Crippen LogP contribution is 2.22. The van der Waals surface area contributed by atoms with E-state index in [1.54, 1.807) is 4.90 Å². The van der Waals surface area contributed by atoms with Crippen molar-refractivity contribution in [2.45, 2.75) is 38.6 Å². The molecule has 2 amide bonds. The van der Waals surface area contributed by atoms with E-state index in [4.69, 9.17) is 9.47 Å². The molecule has 1 aliphatic rings. The molecule has 1 heterocycles. The number of methoxy groups -OCH3 is 2. The van der Waals surface area contributed by atoms with E-state index in [9.17, 15) is 9.59 Å². The van der Waals surface area contributed by atoms with Crippen LogP contribution in [0.4, 0.5) is 0 Å². The third kappa shape index (κ3) is 4.53. The molecule has 1 saturated heterocycles. The molecule has 0 bridgehead atoms. The highest BCUT2D eigenvalue weighted by Gasteiger charge is 2.35. The Morgan fingerprint density at radius 2 is 1.96 bits per heavy atom. The monoisotopic (exact) mass is 320 g/mol. The quantitative estimate of drug-likeness (QED) is 0.767. The van der Waals surface area contributed by atoms with Crippen LogP contribution in [0.25, 0.3) is 0 Å². The van der Waals surface area contributed by atoms with Gasteiger partial charge in [-0.3, -0.25) is 9.59 Å². The van der Waals surface area contributed by atoms with Gasteiger partial charge in [0.1, 0.15) is 6.04 Å². The third-order valence-corrected chi connectivity index (χ3v) is 4.07. The molecule has 1 fully saturated rings. The molecule has 1 aliphatic heterocycles. The van der Waals surface area contributed by atoms with Crippen LogP contribution in [0, 0.1) is 6.92 Å². The molecule has 0 spiro atoms. The fourth-order valence-electron chi connectivity index (χ4n) is 2.66. The first kappa shape index (κ1) is 17.4. The van der Waals surface area contributed by atoms with Crippen LogP contribution in [0.2, 0.25) is 0 Å². The lowest BCUT2D eigenvalue weighted by molar-refractivity contribution is -0.138. The summed E-state index contributed by atoms with van der Waals surface area (Å²) in [7, 11) is 3.03. The highest BCUT2D eigenvalue weighted by atomic mass is 16.7. The van der Waals surface area contributed by atoms with E-state index in [0.717, 1.165) is 5.56 Å². The molecule has 1 aromatic rings. The van der Waals surface area contributed by atoms with Gasteiger partial charge in [0, 0.05) is 27.2 Å². The van der Waals surface area contributed by atoms with Crippen LogP contribution in [-0.4, -0.2) is 49.8 Å². The minimum atomic E-state index is -0.485. The lowest BCUT2D eigenvalue weighted by atomic mass is 10.1. The van der Waals surface area contributed by atoms with Crippen molar-refractivity contribution in [2.24, 2.45) is 0 Å². The number of ether oxygens (including phenoxy) is 2. The lowest BCUT2D eigenvalue weighted by Gasteiger charge is -2.25. The summed E-state index contributed by atoms with van der Waals surface area (Å²) in [6.07, 6.45) is 0.463. The van der Waals surface area contributed by atoms with Gasteiger partial charge in [0.2, 0.25) is 11.8 Å². The van der Waals surface area contributed by atoms with Crippen LogP contribution < -0.4 is 5.32 Å². The van der Waals surface area contributed by atoms with Gasteiger partial charge in [0.15, 0.2) is 6.29 Å². The molecule has 0 aliphatic carbocycles. The smallest absolute Gasteiger partial charge is 0.243 e. The SMILES string of the molecule is COC(CNC(=O)[C@H]1CCC(=O)N1Cc1ccc(C)cc1)OC. The minimum absolute atomic E-state index is 0.0146. The van der Waals surface area contributed by atoms with Gasteiger partial charge in [0.05, 0.1) is 6.54 Å². The van der Waals surface area contributed by atoms with Gasteiger partial charge in [-0.2, -0.15) is 0 Å². The van der Waals surface area contributed by atoms with Crippen LogP contribution in [0.3, 0.4) is 0 Å². The molecular weight excluding hydrogens is 296 g/mol. The Morgan fingerprint density at radius 3 is 2.57 bits per heavy atom. The van der Waals surface area contributed by atoms with Crippen molar-refractivity contribution in [2.75, 3.05) is 20.8 Å². The number of hydrogen-bond donors (Lipinski definition) is 1. The number of benzene rings is 1. The van der Waals surface area contributed by atoms with Crippen molar-refractivity contribution in [1.82, 2.24) is 10.2 Å². The van der Waals surface area contributed by atoms with Crippen molar-refractivity contribution in [3.05, 3.63) is 35.4 Å². The predicted octanol–water partition coefficient (Wildman–Crippen LogP) is 1.22. The van der Waals surface area contributed by atoms with E-state index in [1.807, 2.05) is 31.2 Å². The normalized spacial score (nSPS) is 17.8. The van der Waals surface area contributed by atoms with Gasteiger partial charge in [0.25, 0.3) is 0 Å². The fourth-order valence-corrected chi connectivity index (χ4v) is 2.66. The largest absolute Gasteiger partial charge is 0.354 e. The van der Waals surface area contributed by atoms with Crippen LogP contribution in [0.15, 0.2) is 24.3 Å². The second-order valence-electron chi connectivity index (χ2n) is 5.71. The summed E-state index contributed by atoms with van der Waals surface area (Å²) in [6.45, 7) is 2.73. The first-order valence-corrected chi connectivity index (χ1v) is 7.73. The molecule has 23 heavy (non-hydrogen) atoms. The third-order valence-electron chi connectivity index (χ3n) is 4.07. The first-order valence-electron chi connectivity index (χ1n) is 7.73. The van der Waals surface area contributed by atoms with E-state index >= 15 is 0 Å². The maximum absolute atomic E-state index is 12.4. The van der Waals surface area contributed by atoms with Gasteiger partial charge in [-0.1, -0.05) is 29.8 Å². The first-order chi connectivity index (χ1) is 11.0. The average molecular weight is 320 g/mol. The van der Waals surface area contributed by atoms with Crippen molar-refractivity contribution < 1.29 is 19.1 Å². The minimum Gasteiger partial charge on any atom is -0.354 e. The number of carbonyl (C=O) groups is 2. The number of aryl methyl sites for hydroxylation is 1. The second kappa shape index (κ2) is 8.08. The molecule has 6 nitrogen and oxygen atoms in total. The Morgan fingerprint density at radius 1 is 1.30 bits per heavy atom. The van der Waals surface area contributed by atoms with Gasteiger partial charge in [-0.05, 0) is 18.9 Å². The van der Waals surface area contributed by atoms with Crippen LogP contribution >= 0.6 is 0 Å². The lowest BCUT2D eigenvalue weighted by Crippen LogP contribution is -2.46. The van der Waals surface area contributed by atoms with E-state index < -0.39 is 12.3 Å². The zero-order chi connectivity index (χ0) is 16.8. The summed E-state index contributed by atoms with van der Waals surface area (Å²) in [4.78, 5) is 26.1. The number of likely N-dealkylation sites (tertiary alicyclic amines) is 1. The van der Waals surface area contributed by atoms with Gasteiger partial charge >= 0.3 is 0 Å². The molecule has 1 atom stereocenters. The number of amides is 2. The molecule has 1 N–H and O–H groups in total. The summed E-state index contributed by atoms with van der Waals surface area (Å²) in [5.41, 5.74) is 2.19. The summed E-state index contributed by atoms with van der Waals surface area (Å²) < 4.78 is 10.1. The van der Waals surface area contributed by atoms with Gasteiger partial charge < -0.3 is 19.7 Å². The maximum atomic E-state index is 12.4. The molecule has 1 aromatic carbocycles. The topological polar surface area (TPSA) is 67.9 Å². The van der Waals surface area contributed by atoms with Gasteiger partial charge in [-0.25, -0.2) is 0 Å². The number of hydrogen-bond acceptors (Lipinski definition) is 4. The highest BCUT2D eigenvalue weighted by molar-refractivity contribution is 5.90. The van der Waals surface area contributed by atoms with Crippen molar-refractivity contribution >= 4 is 11.8 Å². The van der Waals surface area contributed by atoms with E-state index in [0.29, 0.717) is 19.4 Å². The Labute approximate surface area is 136 Å². The van der Waals surface area contributed by atoms with E-state index in [1.165, 1.54) is 19.8 Å². The molecule has 0 radical (unpaired) electrons. The van der Waals surface area contributed by atoms with Crippen LogP contribution in [0.1, 0.15) is 24.0 Å². The molecule has 126 valence electrons. The number of carbonyl (C=O) groups excluding carboxylic acids is 2. The Kier molecular flexibility index (Phi) is 6.12. The Balaban J connectivity index is 1.98. The zero-order valence-corrected chi connectivity index (χ0v) is 13.9. The maximum Gasteiger partial charge on any atom is 0.243 e. The average Bonchev–Trinajstić information content (AvgIpc) is 2.91.